The Morgan fingerprint density at radius 3 is 2.50 bits per heavy atom. The molecule has 1 aromatic carbocycles. The minimum atomic E-state index is -0.387. The summed E-state index contributed by atoms with van der Waals surface area (Å²) in [6, 6.07) is 9.11. The normalized spacial score (nSPS) is 14.4. The van der Waals surface area contributed by atoms with Gasteiger partial charge in [0.1, 0.15) is 11.6 Å². The van der Waals surface area contributed by atoms with Gasteiger partial charge in [-0.1, -0.05) is 0 Å². The third kappa shape index (κ3) is 5.18. The molecule has 3 rings (SSSR count). The lowest BCUT2D eigenvalue weighted by atomic mass is 10.1. The zero-order valence-electron chi connectivity index (χ0n) is 15.7. The van der Waals surface area contributed by atoms with Crippen molar-refractivity contribution in [3.63, 3.8) is 0 Å². The summed E-state index contributed by atoms with van der Waals surface area (Å²) >= 11 is 0. The van der Waals surface area contributed by atoms with E-state index in [0.29, 0.717) is 36.8 Å². The summed E-state index contributed by atoms with van der Waals surface area (Å²) in [6.45, 7) is 3.46. The van der Waals surface area contributed by atoms with E-state index in [-0.39, 0.29) is 23.9 Å². The molecule has 2 heterocycles. The monoisotopic (exact) mass is 386 g/mol. The number of hydrogen-bond acceptors (Lipinski definition) is 5. The van der Waals surface area contributed by atoms with Gasteiger partial charge in [-0.05, 0) is 56.2 Å². The number of nitrogens with zero attached hydrogens (tertiary/aromatic N) is 2. The van der Waals surface area contributed by atoms with Crippen molar-refractivity contribution in [2.75, 3.05) is 30.3 Å². The number of likely N-dealkylation sites (tertiary alicyclic amines) is 1. The van der Waals surface area contributed by atoms with E-state index < -0.39 is 0 Å². The molecule has 0 atom stereocenters. The number of carbonyl (C=O) groups is 2. The second-order valence-electron chi connectivity index (χ2n) is 6.50. The summed E-state index contributed by atoms with van der Waals surface area (Å²) in [4.78, 5) is 29.9. The molecule has 0 radical (unpaired) electrons. The standard InChI is InChI=1S/C20H23FN4O3/c1-2-28-20(27)25-11-9-16(10-12-25)23-18-8-7-17(13-22-18)24-19(26)14-3-5-15(21)6-4-14/h3-8,13,16H,2,9-12H2,1H3,(H,22,23)(H,24,26). The Morgan fingerprint density at radius 2 is 1.89 bits per heavy atom. The molecule has 28 heavy (non-hydrogen) atoms. The van der Waals surface area contributed by atoms with Gasteiger partial charge in [-0.15, -0.1) is 0 Å². The molecule has 0 unspecified atom stereocenters. The molecule has 2 aromatic rings. The summed E-state index contributed by atoms with van der Waals surface area (Å²) in [5.74, 6) is -0.00931. The first-order chi connectivity index (χ1) is 13.5. The molecular formula is C20H23FN4O3. The van der Waals surface area contributed by atoms with Crippen molar-refractivity contribution in [2.45, 2.75) is 25.8 Å². The van der Waals surface area contributed by atoms with Crippen molar-refractivity contribution in [2.24, 2.45) is 0 Å². The molecule has 0 aliphatic carbocycles. The third-order valence-corrected chi connectivity index (χ3v) is 4.50. The van der Waals surface area contributed by atoms with Crippen LogP contribution < -0.4 is 10.6 Å². The van der Waals surface area contributed by atoms with Crippen LogP contribution in [0.15, 0.2) is 42.6 Å². The SMILES string of the molecule is CCOC(=O)N1CCC(Nc2ccc(NC(=O)c3ccc(F)cc3)cn2)CC1. The van der Waals surface area contributed by atoms with Gasteiger partial charge in [0.15, 0.2) is 0 Å². The third-order valence-electron chi connectivity index (χ3n) is 4.50. The number of amides is 2. The fourth-order valence-electron chi connectivity index (χ4n) is 2.99. The predicted octanol–water partition coefficient (Wildman–Crippen LogP) is 3.51. The largest absolute Gasteiger partial charge is 0.450 e. The zero-order chi connectivity index (χ0) is 19.9. The molecule has 1 aliphatic rings. The summed E-state index contributed by atoms with van der Waals surface area (Å²) < 4.78 is 18.0. The molecule has 2 N–H and O–H groups in total. The van der Waals surface area contributed by atoms with Crippen molar-refractivity contribution >= 4 is 23.5 Å². The molecule has 1 saturated heterocycles. The molecule has 1 aliphatic heterocycles. The van der Waals surface area contributed by atoms with Gasteiger partial charge in [0, 0.05) is 24.7 Å². The van der Waals surface area contributed by atoms with Crippen molar-refractivity contribution < 1.29 is 18.7 Å². The second-order valence-corrected chi connectivity index (χ2v) is 6.50. The van der Waals surface area contributed by atoms with Gasteiger partial charge in [-0.3, -0.25) is 4.79 Å². The molecule has 2 amide bonds. The molecule has 0 bridgehead atoms. The average Bonchev–Trinajstić information content (AvgIpc) is 2.70. The lowest BCUT2D eigenvalue weighted by Crippen LogP contribution is -2.42. The zero-order valence-corrected chi connectivity index (χ0v) is 15.7. The van der Waals surface area contributed by atoms with Gasteiger partial charge in [0.2, 0.25) is 0 Å². The van der Waals surface area contributed by atoms with E-state index in [0.717, 1.165) is 12.8 Å². The Labute approximate surface area is 162 Å². The van der Waals surface area contributed by atoms with Gasteiger partial charge in [-0.25, -0.2) is 14.2 Å². The van der Waals surface area contributed by atoms with E-state index >= 15 is 0 Å². The van der Waals surface area contributed by atoms with E-state index in [2.05, 4.69) is 15.6 Å². The van der Waals surface area contributed by atoms with Crippen molar-refractivity contribution in [1.29, 1.82) is 0 Å². The molecule has 0 spiro atoms. The number of hydrogen-bond donors (Lipinski definition) is 2. The van der Waals surface area contributed by atoms with Crippen molar-refractivity contribution in [3.05, 3.63) is 54.0 Å². The van der Waals surface area contributed by atoms with Crippen LogP contribution in [0.1, 0.15) is 30.1 Å². The quantitative estimate of drug-likeness (QED) is 0.822. The van der Waals surface area contributed by atoms with Crippen LogP contribution in [0.5, 0.6) is 0 Å². The van der Waals surface area contributed by atoms with E-state index in [9.17, 15) is 14.0 Å². The van der Waals surface area contributed by atoms with E-state index in [1.54, 1.807) is 30.2 Å². The number of pyridine rings is 1. The minimum absolute atomic E-state index is 0.220. The number of benzene rings is 1. The first-order valence-corrected chi connectivity index (χ1v) is 9.26. The number of nitrogens with one attached hydrogen (secondary N) is 2. The van der Waals surface area contributed by atoms with Gasteiger partial charge in [0.25, 0.3) is 5.91 Å². The molecule has 148 valence electrons. The number of carbonyl (C=O) groups excluding carboxylic acids is 2. The highest BCUT2D eigenvalue weighted by Crippen LogP contribution is 2.17. The molecule has 1 aromatic heterocycles. The molecule has 1 fully saturated rings. The van der Waals surface area contributed by atoms with Crippen molar-refractivity contribution in [3.8, 4) is 0 Å². The number of halogens is 1. The highest BCUT2D eigenvalue weighted by Gasteiger charge is 2.23. The van der Waals surface area contributed by atoms with Crippen LogP contribution in [-0.2, 0) is 4.74 Å². The second kappa shape index (κ2) is 9.16. The van der Waals surface area contributed by atoms with Gasteiger partial charge >= 0.3 is 6.09 Å². The van der Waals surface area contributed by atoms with Crippen LogP contribution in [0.4, 0.5) is 20.7 Å². The number of rotatable bonds is 5. The van der Waals surface area contributed by atoms with E-state index in [1.807, 2.05) is 0 Å². The van der Waals surface area contributed by atoms with E-state index in [1.165, 1.54) is 24.3 Å². The Morgan fingerprint density at radius 1 is 1.18 bits per heavy atom. The molecule has 7 nitrogen and oxygen atoms in total. The van der Waals surface area contributed by atoms with E-state index in [4.69, 9.17) is 4.74 Å². The van der Waals surface area contributed by atoms with Crippen LogP contribution in [0, 0.1) is 5.82 Å². The molecule has 0 saturated carbocycles. The maximum Gasteiger partial charge on any atom is 0.409 e. The summed E-state index contributed by atoms with van der Waals surface area (Å²) in [5, 5.41) is 6.08. The molecular weight excluding hydrogens is 363 g/mol. The van der Waals surface area contributed by atoms with Crippen LogP contribution in [0.3, 0.4) is 0 Å². The smallest absolute Gasteiger partial charge is 0.409 e. The highest BCUT2D eigenvalue weighted by atomic mass is 19.1. The summed E-state index contributed by atoms with van der Waals surface area (Å²) in [5.41, 5.74) is 0.925. The lowest BCUT2D eigenvalue weighted by Gasteiger charge is -2.31. The Hall–Kier alpha value is -3.16. The van der Waals surface area contributed by atoms with Gasteiger partial charge in [0.05, 0.1) is 18.5 Å². The topological polar surface area (TPSA) is 83.6 Å². The number of aromatic nitrogens is 1. The Kier molecular flexibility index (Phi) is 6.41. The maximum absolute atomic E-state index is 12.9. The number of ether oxygens (including phenoxy) is 1. The Bertz CT molecular complexity index is 803. The highest BCUT2D eigenvalue weighted by molar-refractivity contribution is 6.04. The predicted molar refractivity (Wildman–Crippen MR) is 104 cm³/mol. The fourth-order valence-corrected chi connectivity index (χ4v) is 2.99. The maximum atomic E-state index is 12.9. The van der Waals surface area contributed by atoms with Crippen LogP contribution >= 0.6 is 0 Å². The number of anilines is 2. The van der Waals surface area contributed by atoms with Crippen LogP contribution in [0.2, 0.25) is 0 Å². The fraction of sp³-hybridized carbons (Fsp3) is 0.350. The van der Waals surface area contributed by atoms with Crippen LogP contribution in [-0.4, -0.2) is 47.6 Å². The van der Waals surface area contributed by atoms with Crippen LogP contribution in [0.25, 0.3) is 0 Å². The first-order valence-electron chi connectivity index (χ1n) is 9.26. The first kappa shape index (κ1) is 19.6. The summed E-state index contributed by atoms with van der Waals surface area (Å²) in [7, 11) is 0. The summed E-state index contributed by atoms with van der Waals surface area (Å²) in [6.07, 6.45) is 2.92. The number of piperidine rings is 1. The lowest BCUT2D eigenvalue weighted by molar-refractivity contribution is 0.0981. The molecule has 8 heteroatoms. The Balaban J connectivity index is 1.49. The minimum Gasteiger partial charge on any atom is -0.450 e. The van der Waals surface area contributed by atoms with Gasteiger partial charge < -0.3 is 20.3 Å². The average molecular weight is 386 g/mol. The van der Waals surface area contributed by atoms with Crippen molar-refractivity contribution in [1.82, 2.24) is 9.88 Å². The van der Waals surface area contributed by atoms with Gasteiger partial charge in [-0.2, -0.15) is 0 Å².